The summed E-state index contributed by atoms with van der Waals surface area (Å²) in [6, 6.07) is 1.05. The van der Waals surface area contributed by atoms with Gasteiger partial charge in [-0.05, 0) is 25.2 Å². The Hall–Kier alpha value is -1.46. The summed E-state index contributed by atoms with van der Waals surface area (Å²) in [5, 5.41) is 0. The molecule has 0 aromatic heterocycles. The molecule has 0 heterocycles. The van der Waals surface area contributed by atoms with Crippen molar-refractivity contribution in [3.05, 3.63) is 23.3 Å². The summed E-state index contributed by atoms with van der Waals surface area (Å²) in [7, 11) is 0. The molecule has 22 heavy (non-hydrogen) atoms. The van der Waals surface area contributed by atoms with Gasteiger partial charge in [-0.1, -0.05) is 26.2 Å². The Kier molecular flexibility index (Phi) is 5.91. The first-order valence-electron chi connectivity index (χ1n) is 7.64. The summed E-state index contributed by atoms with van der Waals surface area (Å²) in [6.07, 6.45) is 4.64. The Morgan fingerprint density at radius 2 is 1.77 bits per heavy atom. The maximum Gasteiger partial charge on any atom is 0.387 e. The number of halogens is 4. The molecule has 6 heteroatoms. The summed E-state index contributed by atoms with van der Waals surface area (Å²) in [5.74, 6) is -3.24. The topological polar surface area (TPSA) is 18.5 Å². The second-order valence-electron chi connectivity index (χ2n) is 5.48. The zero-order chi connectivity index (χ0) is 16.1. The third-order valence-electron chi connectivity index (χ3n) is 3.86. The van der Waals surface area contributed by atoms with Crippen LogP contribution in [0, 0.1) is 11.6 Å². The van der Waals surface area contributed by atoms with Crippen LogP contribution in [0.25, 0.3) is 0 Å². The van der Waals surface area contributed by atoms with E-state index in [1.54, 1.807) is 6.92 Å². The van der Waals surface area contributed by atoms with Crippen LogP contribution in [0.15, 0.2) is 6.07 Å². The Labute approximate surface area is 127 Å². The molecule has 2 rings (SSSR count). The van der Waals surface area contributed by atoms with Crippen LogP contribution in [0.3, 0.4) is 0 Å². The van der Waals surface area contributed by atoms with Crippen molar-refractivity contribution in [3.63, 3.8) is 0 Å². The summed E-state index contributed by atoms with van der Waals surface area (Å²) >= 11 is 0. The Morgan fingerprint density at radius 1 is 1.09 bits per heavy atom. The van der Waals surface area contributed by atoms with Gasteiger partial charge in [0.05, 0.1) is 6.61 Å². The van der Waals surface area contributed by atoms with Crippen LogP contribution >= 0.6 is 0 Å². The lowest BCUT2D eigenvalue weighted by Crippen LogP contribution is -2.14. The first kappa shape index (κ1) is 16.9. The number of rotatable bonds is 6. The van der Waals surface area contributed by atoms with E-state index in [4.69, 9.17) is 4.74 Å². The van der Waals surface area contributed by atoms with Gasteiger partial charge in [-0.15, -0.1) is 0 Å². The summed E-state index contributed by atoms with van der Waals surface area (Å²) in [4.78, 5) is 0. The average Bonchev–Trinajstić information content (AvgIpc) is 2.50. The number of alkyl halides is 2. The zero-order valence-electron chi connectivity index (χ0n) is 12.5. The lowest BCUT2D eigenvalue weighted by atomic mass is 9.83. The van der Waals surface area contributed by atoms with E-state index in [0.717, 1.165) is 25.3 Å². The van der Waals surface area contributed by atoms with Gasteiger partial charge in [0.2, 0.25) is 5.82 Å². The molecule has 1 aliphatic rings. The first-order valence-corrected chi connectivity index (χ1v) is 7.64. The second kappa shape index (κ2) is 7.70. The quantitative estimate of drug-likeness (QED) is 0.653. The fraction of sp³-hybridized carbons (Fsp3) is 0.625. The Balaban J connectivity index is 2.42. The fourth-order valence-electron chi connectivity index (χ4n) is 2.88. The van der Waals surface area contributed by atoms with Gasteiger partial charge < -0.3 is 9.47 Å². The van der Waals surface area contributed by atoms with Crippen LogP contribution in [0.1, 0.15) is 56.9 Å². The molecule has 0 radical (unpaired) electrons. The smallest absolute Gasteiger partial charge is 0.387 e. The van der Waals surface area contributed by atoms with Gasteiger partial charge in [-0.2, -0.15) is 13.2 Å². The normalized spacial score (nSPS) is 16.1. The maximum atomic E-state index is 14.4. The van der Waals surface area contributed by atoms with Gasteiger partial charge in [0.1, 0.15) is 5.75 Å². The van der Waals surface area contributed by atoms with Gasteiger partial charge in [-0.25, -0.2) is 4.39 Å². The predicted molar refractivity (Wildman–Crippen MR) is 74.6 cm³/mol. The second-order valence-corrected chi connectivity index (χ2v) is 5.48. The zero-order valence-corrected chi connectivity index (χ0v) is 12.5. The van der Waals surface area contributed by atoms with Crippen molar-refractivity contribution >= 4 is 0 Å². The standard InChI is InChI=1S/C16H20F4O2/c1-2-8-21-12-9-11(22-16(19)20)13(15(18)14(12)17)10-6-4-3-5-7-10/h9-10,16H,2-8H2,1H3. The summed E-state index contributed by atoms with van der Waals surface area (Å²) < 4.78 is 63.3. The maximum absolute atomic E-state index is 14.4. The van der Waals surface area contributed by atoms with Crippen molar-refractivity contribution in [2.75, 3.05) is 6.61 Å². The van der Waals surface area contributed by atoms with E-state index in [9.17, 15) is 17.6 Å². The SMILES string of the molecule is CCCOc1cc(OC(F)F)c(C2CCCCC2)c(F)c1F. The highest BCUT2D eigenvalue weighted by Crippen LogP contribution is 2.42. The van der Waals surface area contributed by atoms with E-state index in [0.29, 0.717) is 19.3 Å². The molecule has 1 aromatic carbocycles. The van der Waals surface area contributed by atoms with Gasteiger partial charge in [-0.3, -0.25) is 0 Å². The van der Waals surface area contributed by atoms with E-state index < -0.39 is 18.2 Å². The molecule has 1 saturated carbocycles. The molecule has 0 bridgehead atoms. The molecular formula is C16H20F4O2. The molecule has 0 aliphatic heterocycles. The van der Waals surface area contributed by atoms with Gasteiger partial charge in [0.15, 0.2) is 11.6 Å². The minimum Gasteiger partial charge on any atom is -0.490 e. The predicted octanol–water partition coefficient (Wildman–Crippen LogP) is 5.40. The number of benzene rings is 1. The lowest BCUT2D eigenvalue weighted by Gasteiger charge is -2.25. The van der Waals surface area contributed by atoms with Crippen LogP contribution < -0.4 is 9.47 Å². The first-order chi connectivity index (χ1) is 10.5. The van der Waals surface area contributed by atoms with Crippen LogP contribution in [-0.4, -0.2) is 13.2 Å². The highest BCUT2D eigenvalue weighted by atomic mass is 19.3. The van der Waals surface area contributed by atoms with Gasteiger partial charge in [0.25, 0.3) is 0 Å². The van der Waals surface area contributed by atoms with Crippen molar-refractivity contribution in [2.24, 2.45) is 0 Å². The number of ether oxygens (including phenoxy) is 2. The molecule has 1 fully saturated rings. The molecule has 0 unspecified atom stereocenters. The summed E-state index contributed by atoms with van der Waals surface area (Å²) in [6.45, 7) is -1.11. The van der Waals surface area contributed by atoms with Crippen molar-refractivity contribution in [2.45, 2.75) is 58.0 Å². The van der Waals surface area contributed by atoms with Crippen LogP contribution in [-0.2, 0) is 0 Å². The molecule has 1 aromatic rings. The molecule has 2 nitrogen and oxygen atoms in total. The average molecular weight is 320 g/mol. The monoisotopic (exact) mass is 320 g/mol. The molecule has 0 atom stereocenters. The third kappa shape index (κ3) is 3.84. The fourth-order valence-corrected chi connectivity index (χ4v) is 2.88. The van der Waals surface area contributed by atoms with Crippen LogP contribution in [0.2, 0.25) is 0 Å². The van der Waals surface area contributed by atoms with Crippen LogP contribution in [0.5, 0.6) is 11.5 Å². The highest BCUT2D eigenvalue weighted by Gasteiger charge is 2.29. The molecular weight excluding hydrogens is 300 g/mol. The van der Waals surface area contributed by atoms with Crippen molar-refractivity contribution in [3.8, 4) is 11.5 Å². The molecule has 124 valence electrons. The van der Waals surface area contributed by atoms with E-state index in [-0.39, 0.29) is 29.6 Å². The lowest BCUT2D eigenvalue weighted by molar-refractivity contribution is -0.0511. The minimum atomic E-state index is -3.09. The molecule has 0 spiro atoms. The van der Waals surface area contributed by atoms with Gasteiger partial charge in [0, 0.05) is 11.6 Å². The number of hydrogen-bond donors (Lipinski definition) is 0. The van der Waals surface area contributed by atoms with E-state index in [1.165, 1.54) is 0 Å². The number of hydrogen-bond acceptors (Lipinski definition) is 2. The highest BCUT2D eigenvalue weighted by molar-refractivity contribution is 5.45. The Morgan fingerprint density at radius 3 is 2.36 bits per heavy atom. The Bertz CT molecular complexity index is 499. The summed E-state index contributed by atoms with van der Waals surface area (Å²) in [5.41, 5.74) is -0.0821. The largest absolute Gasteiger partial charge is 0.490 e. The van der Waals surface area contributed by atoms with E-state index in [2.05, 4.69) is 4.74 Å². The van der Waals surface area contributed by atoms with Crippen LogP contribution in [0.4, 0.5) is 17.6 Å². The van der Waals surface area contributed by atoms with Crippen molar-refractivity contribution < 1.29 is 27.0 Å². The molecule has 0 saturated heterocycles. The van der Waals surface area contributed by atoms with Gasteiger partial charge >= 0.3 is 6.61 Å². The van der Waals surface area contributed by atoms with E-state index in [1.807, 2.05) is 0 Å². The molecule has 1 aliphatic carbocycles. The minimum absolute atomic E-state index is 0.0821. The van der Waals surface area contributed by atoms with Crippen molar-refractivity contribution in [1.29, 1.82) is 0 Å². The van der Waals surface area contributed by atoms with E-state index >= 15 is 0 Å². The molecule has 0 N–H and O–H groups in total. The molecule has 0 amide bonds. The van der Waals surface area contributed by atoms with Crippen molar-refractivity contribution in [1.82, 2.24) is 0 Å². The third-order valence-corrected chi connectivity index (χ3v) is 3.86.